The van der Waals surface area contributed by atoms with Gasteiger partial charge >= 0.3 is 12.1 Å². The number of carbonyl (C=O) groups excluding carboxylic acids is 2. The Bertz CT molecular complexity index is 442. The number of rotatable bonds is 6. The Labute approximate surface area is 105 Å². The molecule has 5 heteroatoms. The minimum Gasteiger partial charge on any atom is -0.463 e. The van der Waals surface area contributed by atoms with Crippen molar-refractivity contribution in [2.45, 2.75) is 12.8 Å². The summed E-state index contributed by atoms with van der Waals surface area (Å²) in [5.74, 6) is -0.0242. The fourth-order valence-electron chi connectivity index (χ4n) is 1.39. The van der Waals surface area contributed by atoms with Crippen LogP contribution in [-0.2, 0) is 16.0 Å². The number of nitrogens with two attached hydrogens (primary N) is 1. The minimum absolute atomic E-state index is 0.325. The maximum Gasteiger partial charge on any atom is 0.409 e. The van der Waals surface area contributed by atoms with Gasteiger partial charge < -0.3 is 15.2 Å². The number of carbonyl (C=O) groups is 2. The number of hydrogen-bond acceptors (Lipinski definition) is 4. The summed E-state index contributed by atoms with van der Waals surface area (Å²) in [4.78, 5) is 21.4. The first kappa shape index (κ1) is 13.8. The van der Waals surface area contributed by atoms with Crippen LogP contribution in [0.3, 0.4) is 0 Å². The highest BCUT2D eigenvalue weighted by Gasteiger charge is 2.01. The van der Waals surface area contributed by atoms with Crippen molar-refractivity contribution in [1.82, 2.24) is 0 Å². The largest absolute Gasteiger partial charge is 0.463 e. The van der Waals surface area contributed by atoms with Gasteiger partial charge in [-0.05, 0) is 30.5 Å². The van der Waals surface area contributed by atoms with Gasteiger partial charge in [0.25, 0.3) is 0 Å². The molecule has 0 saturated carbocycles. The summed E-state index contributed by atoms with van der Waals surface area (Å²) in [7, 11) is 0. The molecule has 0 aliphatic heterocycles. The smallest absolute Gasteiger partial charge is 0.409 e. The number of benzene rings is 1. The van der Waals surface area contributed by atoms with Gasteiger partial charge in [-0.15, -0.1) is 0 Å². The van der Waals surface area contributed by atoms with Gasteiger partial charge in [0.05, 0.1) is 6.61 Å². The lowest BCUT2D eigenvalue weighted by Gasteiger charge is -2.05. The van der Waals surface area contributed by atoms with E-state index in [9.17, 15) is 9.59 Å². The van der Waals surface area contributed by atoms with Gasteiger partial charge in [0.1, 0.15) is 5.75 Å². The molecule has 0 spiro atoms. The molecule has 0 saturated heterocycles. The first-order valence-corrected chi connectivity index (χ1v) is 5.47. The van der Waals surface area contributed by atoms with Gasteiger partial charge in [-0.25, -0.2) is 9.59 Å². The Balaban J connectivity index is 2.40. The first-order chi connectivity index (χ1) is 8.61. The molecule has 1 amide bonds. The number of ether oxygens (including phenoxy) is 2. The lowest BCUT2D eigenvalue weighted by Crippen LogP contribution is -2.16. The van der Waals surface area contributed by atoms with Crippen LogP contribution in [0.15, 0.2) is 36.9 Å². The molecular formula is C13H15NO4. The van der Waals surface area contributed by atoms with E-state index in [4.69, 9.17) is 15.2 Å². The average molecular weight is 249 g/mol. The molecule has 0 fully saturated rings. The van der Waals surface area contributed by atoms with Crippen LogP contribution in [0.25, 0.3) is 0 Å². The Hall–Kier alpha value is -2.30. The maximum atomic E-state index is 10.8. The van der Waals surface area contributed by atoms with Crippen molar-refractivity contribution in [3.63, 3.8) is 0 Å². The molecule has 0 atom stereocenters. The lowest BCUT2D eigenvalue weighted by molar-refractivity contribution is -0.137. The molecule has 0 aliphatic rings. The van der Waals surface area contributed by atoms with E-state index in [2.05, 4.69) is 6.58 Å². The van der Waals surface area contributed by atoms with Gasteiger partial charge in [-0.3, -0.25) is 0 Å². The van der Waals surface area contributed by atoms with Gasteiger partial charge in [-0.1, -0.05) is 18.7 Å². The van der Waals surface area contributed by atoms with Gasteiger partial charge in [0, 0.05) is 6.08 Å². The van der Waals surface area contributed by atoms with Crippen molar-refractivity contribution in [1.29, 1.82) is 0 Å². The molecular weight excluding hydrogens is 234 g/mol. The Morgan fingerprint density at radius 2 is 2.17 bits per heavy atom. The number of hydrogen-bond donors (Lipinski definition) is 1. The second kappa shape index (κ2) is 7.11. The second-order valence-corrected chi connectivity index (χ2v) is 3.54. The van der Waals surface area contributed by atoms with Gasteiger partial charge in [-0.2, -0.15) is 0 Å². The minimum atomic E-state index is -0.841. The van der Waals surface area contributed by atoms with E-state index in [1.54, 1.807) is 18.2 Å². The van der Waals surface area contributed by atoms with Crippen LogP contribution in [-0.4, -0.2) is 18.7 Å². The molecule has 0 unspecified atom stereocenters. The molecule has 96 valence electrons. The Morgan fingerprint density at radius 3 is 2.83 bits per heavy atom. The SMILES string of the molecule is C=CC(=O)OCCCc1cccc(OC(N)=O)c1. The summed E-state index contributed by atoms with van der Waals surface area (Å²) in [6.07, 6.45) is 1.67. The summed E-state index contributed by atoms with van der Waals surface area (Å²) in [5.41, 5.74) is 5.89. The van der Waals surface area contributed by atoms with Crippen LogP contribution in [0.5, 0.6) is 5.75 Å². The predicted molar refractivity (Wildman–Crippen MR) is 66.1 cm³/mol. The number of aryl methyl sites for hydroxylation is 1. The number of esters is 1. The second-order valence-electron chi connectivity index (χ2n) is 3.54. The van der Waals surface area contributed by atoms with Crippen LogP contribution >= 0.6 is 0 Å². The van der Waals surface area contributed by atoms with E-state index in [0.29, 0.717) is 25.2 Å². The third kappa shape index (κ3) is 5.16. The van der Waals surface area contributed by atoms with E-state index in [0.717, 1.165) is 11.6 Å². The van der Waals surface area contributed by atoms with E-state index >= 15 is 0 Å². The van der Waals surface area contributed by atoms with Crippen molar-refractivity contribution in [3.05, 3.63) is 42.5 Å². The zero-order valence-corrected chi connectivity index (χ0v) is 9.93. The summed E-state index contributed by atoms with van der Waals surface area (Å²) < 4.78 is 9.60. The highest BCUT2D eigenvalue weighted by molar-refractivity contribution is 5.81. The van der Waals surface area contributed by atoms with E-state index in [1.165, 1.54) is 0 Å². The zero-order valence-electron chi connectivity index (χ0n) is 9.93. The monoisotopic (exact) mass is 249 g/mol. The van der Waals surface area contributed by atoms with Crippen molar-refractivity contribution < 1.29 is 19.1 Å². The normalized spacial score (nSPS) is 9.56. The third-order valence-electron chi connectivity index (χ3n) is 2.14. The fourth-order valence-corrected chi connectivity index (χ4v) is 1.39. The molecule has 0 bridgehead atoms. The van der Waals surface area contributed by atoms with Crippen LogP contribution in [0.4, 0.5) is 4.79 Å². The zero-order chi connectivity index (χ0) is 13.4. The summed E-state index contributed by atoms with van der Waals surface area (Å²) in [5, 5.41) is 0. The van der Waals surface area contributed by atoms with Crippen LogP contribution < -0.4 is 10.5 Å². The van der Waals surface area contributed by atoms with E-state index < -0.39 is 12.1 Å². The topological polar surface area (TPSA) is 78.6 Å². The number of primary amides is 1. The summed E-state index contributed by atoms with van der Waals surface area (Å²) in [6, 6.07) is 7.03. The van der Waals surface area contributed by atoms with Crippen molar-refractivity contribution >= 4 is 12.1 Å². The molecule has 18 heavy (non-hydrogen) atoms. The molecule has 0 aliphatic carbocycles. The Kier molecular flexibility index (Phi) is 5.44. The van der Waals surface area contributed by atoms with Crippen LogP contribution in [0, 0.1) is 0 Å². The van der Waals surface area contributed by atoms with Crippen molar-refractivity contribution in [3.8, 4) is 5.75 Å². The van der Waals surface area contributed by atoms with E-state index in [-0.39, 0.29) is 0 Å². The molecule has 5 nitrogen and oxygen atoms in total. The molecule has 1 aromatic carbocycles. The van der Waals surface area contributed by atoms with E-state index in [1.807, 2.05) is 6.07 Å². The van der Waals surface area contributed by atoms with Crippen molar-refractivity contribution in [2.24, 2.45) is 5.73 Å². The molecule has 2 N–H and O–H groups in total. The third-order valence-corrected chi connectivity index (χ3v) is 2.14. The molecule has 0 aromatic heterocycles. The predicted octanol–water partition coefficient (Wildman–Crippen LogP) is 1.81. The molecule has 0 heterocycles. The van der Waals surface area contributed by atoms with Crippen LogP contribution in [0.2, 0.25) is 0 Å². The summed E-state index contributed by atoms with van der Waals surface area (Å²) in [6.45, 7) is 3.63. The Morgan fingerprint density at radius 1 is 1.39 bits per heavy atom. The van der Waals surface area contributed by atoms with Crippen molar-refractivity contribution in [2.75, 3.05) is 6.61 Å². The van der Waals surface area contributed by atoms with Crippen LogP contribution in [0.1, 0.15) is 12.0 Å². The molecule has 1 aromatic rings. The maximum absolute atomic E-state index is 10.8. The summed E-state index contributed by atoms with van der Waals surface area (Å²) >= 11 is 0. The lowest BCUT2D eigenvalue weighted by atomic mass is 10.1. The highest BCUT2D eigenvalue weighted by atomic mass is 16.5. The van der Waals surface area contributed by atoms with Gasteiger partial charge in [0.2, 0.25) is 0 Å². The highest BCUT2D eigenvalue weighted by Crippen LogP contribution is 2.14. The standard InChI is InChI=1S/C13H15NO4/c1-2-12(15)17-8-4-6-10-5-3-7-11(9-10)18-13(14)16/h2-3,5,7,9H,1,4,6,8H2,(H2,14,16). The average Bonchev–Trinajstić information content (AvgIpc) is 2.34. The molecule has 1 rings (SSSR count). The molecule has 0 radical (unpaired) electrons. The first-order valence-electron chi connectivity index (χ1n) is 5.47. The quantitative estimate of drug-likeness (QED) is 0.473. The number of amides is 1. The fraction of sp³-hybridized carbons (Fsp3) is 0.231. The van der Waals surface area contributed by atoms with Gasteiger partial charge in [0.15, 0.2) is 0 Å².